The van der Waals surface area contributed by atoms with E-state index in [0.29, 0.717) is 11.4 Å². The Kier molecular flexibility index (Phi) is 6.69. The maximum atomic E-state index is 15.5. The van der Waals surface area contributed by atoms with Crippen molar-refractivity contribution < 1.29 is 22.0 Å². The summed E-state index contributed by atoms with van der Waals surface area (Å²) < 4.78 is 78.6. The Morgan fingerprint density at radius 2 is 0.776 bits per heavy atom. The zero-order chi connectivity index (χ0) is 34.5. The minimum absolute atomic E-state index is 0.273. The molecule has 0 aliphatic carbocycles. The minimum atomic E-state index is -2.26. The number of aromatic nitrogens is 2. The molecule has 0 N–H and O–H groups in total. The van der Waals surface area contributed by atoms with Crippen molar-refractivity contribution in [2.75, 3.05) is 0 Å². The zero-order valence-electron chi connectivity index (χ0n) is 26.8. The van der Waals surface area contributed by atoms with Crippen molar-refractivity contribution in [3.05, 3.63) is 148 Å². The molecule has 8 rings (SSSR count). The molecule has 0 radical (unpaired) electrons. The first-order valence-corrected chi connectivity index (χ1v) is 15.6. The van der Waals surface area contributed by atoms with E-state index in [4.69, 9.17) is 6.57 Å². The smallest absolute Gasteiger partial charge is 0.200 e. The van der Waals surface area contributed by atoms with Gasteiger partial charge >= 0.3 is 0 Å². The molecule has 2 heterocycles. The molecule has 8 heteroatoms. The van der Waals surface area contributed by atoms with Crippen LogP contribution >= 0.6 is 0 Å². The lowest BCUT2D eigenvalue weighted by molar-refractivity contribution is 0.381. The lowest BCUT2D eigenvalue weighted by Crippen LogP contribution is -2.07. The van der Waals surface area contributed by atoms with E-state index in [-0.39, 0.29) is 5.69 Å². The highest BCUT2D eigenvalue weighted by Gasteiger charge is 2.30. The van der Waals surface area contributed by atoms with Gasteiger partial charge in [-0.1, -0.05) is 48.5 Å². The average Bonchev–Trinajstić information content (AvgIpc) is 3.56. The molecular weight excluding hydrogens is 629 g/mol. The first-order valence-electron chi connectivity index (χ1n) is 15.6. The Hall–Kier alpha value is -5.94. The van der Waals surface area contributed by atoms with Gasteiger partial charge in [0.05, 0.1) is 40.0 Å². The van der Waals surface area contributed by atoms with E-state index in [1.807, 2.05) is 110 Å². The second-order valence-corrected chi connectivity index (χ2v) is 12.7. The van der Waals surface area contributed by atoms with Gasteiger partial charge in [-0.2, -0.15) is 0 Å². The quantitative estimate of drug-likeness (QED) is 0.0778. The third kappa shape index (κ3) is 4.39. The van der Waals surface area contributed by atoms with Crippen LogP contribution in [0.4, 0.5) is 27.6 Å². The fourth-order valence-corrected chi connectivity index (χ4v) is 7.05. The van der Waals surface area contributed by atoms with Gasteiger partial charge in [-0.15, -0.1) is 0 Å². The third-order valence-electron chi connectivity index (χ3n) is 9.33. The summed E-state index contributed by atoms with van der Waals surface area (Å²) in [6.45, 7) is 16.0. The number of rotatable bonds is 3. The molecule has 2 aromatic heterocycles. The number of fused-ring (bicyclic) bond motifs is 6. The molecule has 0 atom stereocenters. The van der Waals surface area contributed by atoms with Crippen LogP contribution in [0.15, 0.2) is 84.9 Å². The van der Waals surface area contributed by atoms with Gasteiger partial charge in [-0.05, 0) is 91.9 Å². The van der Waals surface area contributed by atoms with Crippen LogP contribution in [0.5, 0.6) is 0 Å². The Labute approximate surface area is 277 Å². The van der Waals surface area contributed by atoms with Gasteiger partial charge in [-0.25, -0.2) is 26.8 Å². The molecule has 0 aliphatic heterocycles. The topological polar surface area (TPSA) is 14.2 Å². The number of benzene rings is 6. The normalized spacial score (nSPS) is 11.8. The van der Waals surface area contributed by atoms with Gasteiger partial charge in [-0.3, -0.25) is 0 Å². The van der Waals surface area contributed by atoms with Gasteiger partial charge in [0.25, 0.3) is 0 Å². The highest BCUT2D eigenvalue weighted by atomic mass is 19.2. The lowest BCUT2D eigenvalue weighted by atomic mass is 9.99. The summed E-state index contributed by atoms with van der Waals surface area (Å²) in [5.74, 6) is -10.4. The molecule has 49 heavy (non-hydrogen) atoms. The summed E-state index contributed by atoms with van der Waals surface area (Å²) >= 11 is 0. The number of hydrogen-bond acceptors (Lipinski definition) is 0. The average molecular weight is 656 g/mol. The molecule has 240 valence electrons. The predicted octanol–water partition coefficient (Wildman–Crippen LogP) is 12.0. The van der Waals surface area contributed by atoms with E-state index in [2.05, 4.69) is 4.85 Å². The standard InChI is InChI=1S/C41H26F5N3/c1-20-6-10-24-25-11-7-21(2)15-31(25)48(30(24)14-20)34-18-28(36-37(42)39(44)41(46)40(45)38(36)43)29(47-5)19-35(34)49-32-16-22(3)8-12-26(32)27-13-9-23(4)17-33(27)49/h6-19H,1-4H3. The molecule has 6 aromatic carbocycles. The monoisotopic (exact) mass is 655 g/mol. The van der Waals surface area contributed by atoms with E-state index in [1.54, 1.807) is 0 Å². The van der Waals surface area contributed by atoms with Gasteiger partial charge in [0.15, 0.2) is 29.0 Å². The number of halogens is 5. The van der Waals surface area contributed by atoms with Crippen LogP contribution in [0.2, 0.25) is 0 Å². The SMILES string of the molecule is [C-]#[N+]c1cc(-n2c3cc(C)ccc3c3ccc(C)cc32)c(-n2c3cc(C)ccc3c3ccc(C)cc32)cc1-c1c(F)c(F)c(F)c(F)c1F. The lowest BCUT2D eigenvalue weighted by Gasteiger charge is -2.20. The van der Waals surface area contributed by atoms with E-state index >= 15 is 8.78 Å². The molecule has 0 amide bonds. The molecule has 0 saturated heterocycles. The van der Waals surface area contributed by atoms with Crippen molar-refractivity contribution in [2.45, 2.75) is 27.7 Å². The maximum absolute atomic E-state index is 15.5. The van der Waals surface area contributed by atoms with E-state index < -0.39 is 40.2 Å². The van der Waals surface area contributed by atoms with Crippen LogP contribution < -0.4 is 0 Å². The van der Waals surface area contributed by atoms with Crippen LogP contribution in [0.1, 0.15) is 22.3 Å². The highest BCUT2D eigenvalue weighted by Crippen LogP contribution is 2.45. The van der Waals surface area contributed by atoms with Crippen LogP contribution in [-0.2, 0) is 0 Å². The molecular formula is C41H26F5N3. The highest BCUT2D eigenvalue weighted by molar-refractivity contribution is 6.12. The van der Waals surface area contributed by atoms with E-state index in [1.165, 1.54) is 12.1 Å². The van der Waals surface area contributed by atoms with Gasteiger partial charge in [0.1, 0.15) is 0 Å². The van der Waals surface area contributed by atoms with Crippen molar-refractivity contribution in [3.8, 4) is 22.5 Å². The van der Waals surface area contributed by atoms with Crippen LogP contribution in [0.3, 0.4) is 0 Å². The molecule has 0 spiro atoms. The maximum Gasteiger partial charge on any atom is 0.200 e. The Balaban J connectivity index is 1.63. The van der Waals surface area contributed by atoms with Crippen molar-refractivity contribution in [3.63, 3.8) is 0 Å². The molecule has 0 bridgehead atoms. The summed E-state index contributed by atoms with van der Waals surface area (Å²) in [6, 6.07) is 27.0. The molecule has 8 aromatic rings. The molecule has 0 saturated carbocycles. The zero-order valence-corrected chi connectivity index (χ0v) is 26.8. The first kappa shape index (κ1) is 30.4. The third-order valence-corrected chi connectivity index (χ3v) is 9.33. The fraction of sp³-hybridized carbons (Fsp3) is 0.0976. The van der Waals surface area contributed by atoms with Gasteiger partial charge in [0, 0.05) is 27.1 Å². The molecule has 3 nitrogen and oxygen atoms in total. The Morgan fingerprint density at radius 3 is 1.12 bits per heavy atom. The van der Waals surface area contributed by atoms with Crippen molar-refractivity contribution in [1.29, 1.82) is 0 Å². The number of aryl methyl sites for hydroxylation is 4. The van der Waals surface area contributed by atoms with Crippen LogP contribution in [-0.4, -0.2) is 9.13 Å². The summed E-state index contributed by atoms with van der Waals surface area (Å²) in [7, 11) is 0. The summed E-state index contributed by atoms with van der Waals surface area (Å²) in [5, 5.41) is 3.72. The van der Waals surface area contributed by atoms with Crippen LogP contribution in [0, 0.1) is 63.4 Å². The summed E-state index contributed by atoms with van der Waals surface area (Å²) in [4.78, 5) is 3.61. The minimum Gasteiger partial charge on any atom is -0.308 e. The van der Waals surface area contributed by atoms with Crippen molar-refractivity contribution >= 4 is 49.3 Å². The van der Waals surface area contributed by atoms with Crippen molar-refractivity contribution in [1.82, 2.24) is 9.13 Å². The Morgan fingerprint density at radius 1 is 0.449 bits per heavy atom. The van der Waals surface area contributed by atoms with Gasteiger partial charge in [0.2, 0.25) is 5.82 Å². The van der Waals surface area contributed by atoms with Crippen LogP contribution in [0.25, 0.3) is 71.0 Å². The van der Waals surface area contributed by atoms with Crippen molar-refractivity contribution in [2.24, 2.45) is 0 Å². The molecule has 0 unspecified atom stereocenters. The van der Waals surface area contributed by atoms with Gasteiger partial charge < -0.3 is 9.13 Å². The fourth-order valence-electron chi connectivity index (χ4n) is 7.05. The summed E-state index contributed by atoms with van der Waals surface area (Å²) in [5.41, 5.74) is 6.13. The van der Waals surface area contributed by atoms with E-state index in [0.717, 1.165) is 65.9 Å². The number of hydrogen-bond donors (Lipinski definition) is 0. The molecule has 0 fully saturated rings. The molecule has 0 aliphatic rings. The number of nitrogens with zero attached hydrogens (tertiary/aromatic N) is 3. The largest absolute Gasteiger partial charge is 0.308 e. The predicted molar refractivity (Wildman–Crippen MR) is 186 cm³/mol. The summed E-state index contributed by atoms with van der Waals surface area (Å²) in [6.07, 6.45) is 0. The van der Waals surface area contributed by atoms with E-state index in [9.17, 15) is 13.2 Å². The second-order valence-electron chi connectivity index (χ2n) is 12.7. The second kappa shape index (κ2) is 10.8. The Bertz CT molecular complexity index is 2630. The first-order chi connectivity index (χ1) is 23.5.